The van der Waals surface area contributed by atoms with E-state index in [4.69, 9.17) is 0 Å². The molecule has 0 aliphatic heterocycles. The molecule has 1 unspecified atom stereocenters. The van der Waals surface area contributed by atoms with Crippen molar-refractivity contribution in [3.8, 4) is 0 Å². The van der Waals surface area contributed by atoms with E-state index in [0.29, 0.717) is 5.41 Å². The molecule has 0 aromatic heterocycles. The Labute approximate surface area is 102 Å². The van der Waals surface area contributed by atoms with Crippen LogP contribution in [0.1, 0.15) is 71.6 Å². The molecule has 96 valence electrons. The molecule has 0 bridgehead atoms. The van der Waals surface area contributed by atoms with E-state index in [-0.39, 0.29) is 0 Å². The molecule has 0 spiro atoms. The van der Waals surface area contributed by atoms with Crippen LogP contribution in [-0.2, 0) is 0 Å². The Morgan fingerprint density at radius 2 is 1.88 bits per heavy atom. The van der Waals surface area contributed by atoms with E-state index in [2.05, 4.69) is 26.2 Å². The SMILES string of the molecule is CCCCC(CC)CC1(CNC)CCCC1. The molecule has 1 nitrogen and oxygen atoms in total. The Morgan fingerprint density at radius 1 is 1.19 bits per heavy atom. The molecule has 0 aromatic rings. The summed E-state index contributed by atoms with van der Waals surface area (Å²) in [6.07, 6.45) is 13.0. The average Bonchev–Trinajstić information content (AvgIpc) is 2.73. The normalized spacial score (nSPS) is 21.2. The van der Waals surface area contributed by atoms with Gasteiger partial charge in [-0.25, -0.2) is 0 Å². The van der Waals surface area contributed by atoms with Gasteiger partial charge in [0.05, 0.1) is 0 Å². The second-order valence-electron chi connectivity index (χ2n) is 5.86. The largest absolute Gasteiger partial charge is 0.319 e. The van der Waals surface area contributed by atoms with Gasteiger partial charge in [-0.05, 0) is 37.6 Å². The van der Waals surface area contributed by atoms with Crippen LogP contribution < -0.4 is 5.32 Å². The first kappa shape index (κ1) is 14.0. The lowest BCUT2D eigenvalue weighted by Gasteiger charge is -2.33. The van der Waals surface area contributed by atoms with Gasteiger partial charge in [0.15, 0.2) is 0 Å². The third kappa shape index (κ3) is 4.08. The third-order valence-electron chi connectivity index (χ3n) is 4.48. The second kappa shape index (κ2) is 7.32. The van der Waals surface area contributed by atoms with Crippen LogP contribution in [-0.4, -0.2) is 13.6 Å². The molecular formula is C15H31N. The lowest BCUT2D eigenvalue weighted by Crippen LogP contribution is -2.32. The maximum atomic E-state index is 3.44. The highest BCUT2D eigenvalue weighted by Crippen LogP contribution is 2.44. The zero-order chi connectivity index (χ0) is 11.9. The van der Waals surface area contributed by atoms with E-state index >= 15 is 0 Å². The summed E-state index contributed by atoms with van der Waals surface area (Å²) in [5.41, 5.74) is 0.656. The van der Waals surface area contributed by atoms with Crippen molar-refractivity contribution in [3.63, 3.8) is 0 Å². The zero-order valence-electron chi connectivity index (χ0n) is 11.6. The summed E-state index contributed by atoms with van der Waals surface area (Å²) in [5.74, 6) is 0.978. The zero-order valence-corrected chi connectivity index (χ0v) is 11.6. The molecule has 0 saturated heterocycles. The average molecular weight is 225 g/mol. The summed E-state index contributed by atoms with van der Waals surface area (Å²) < 4.78 is 0. The lowest BCUT2D eigenvalue weighted by molar-refractivity contribution is 0.203. The molecule has 1 heteroatoms. The minimum absolute atomic E-state index is 0.656. The van der Waals surface area contributed by atoms with Crippen LogP contribution in [0.5, 0.6) is 0 Å². The Morgan fingerprint density at radius 3 is 2.38 bits per heavy atom. The Bertz CT molecular complexity index is 170. The maximum absolute atomic E-state index is 3.44. The molecule has 1 rings (SSSR count). The molecule has 0 amide bonds. The van der Waals surface area contributed by atoms with Crippen molar-refractivity contribution in [3.05, 3.63) is 0 Å². The van der Waals surface area contributed by atoms with Crippen LogP contribution in [0.4, 0.5) is 0 Å². The molecule has 16 heavy (non-hydrogen) atoms. The van der Waals surface area contributed by atoms with Gasteiger partial charge in [0.2, 0.25) is 0 Å². The first-order valence-electron chi connectivity index (χ1n) is 7.41. The van der Waals surface area contributed by atoms with Crippen molar-refractivity contribution in [2.45, 2.75) is 71.6 Å². The molecule has 1 fully saturated rings. The van der Waals surface area contributed by atoms with Gasteiger partial charge in [-0.1, -0.05) is 52.4 Å². The van der Waals surface area contributed by atoms with Gasteiger partial charge in [0.1, 0.15) is 0 Å². The van der Waals surface area contributed by atoms with Crippen LogP contribution in [0.2, 0.25) is 0 Å². The Kier molecular flexibility index (Phi) is 6.41. The van der Waals surface area contributed by atoms with Gasteiger partial charge in [-0.2, -0.15) is 0 Å². The molecule has 1 atom stereocenters. The van der Waals surface area contributed by atoms with Crippen molar-refractivity contribution < 1.29 is 0 Å². The fourth-order valence-corrected chi connectivity index (χ4v) is 3.51. The number of rotatable bonds is 8. The van der Waals surface area contributed by atoms with Crippen LogP contribution in [0.3, 0.4) is 0 Å². The Balaban J connectivity index is 2.45. The quantitative estimate of drug-likeness (QED) is 0.646. The number of hydrogen-bond donors (Lipinski definition) is 1. The van der Waals surface area contributed by atoms with Crippen LogP contribution in [0.15, 0.2) is 0 Å². The predicted octanol–water partition coefficient (Wildman–Crippen LogP) is 4.37. The van der Waals surface area contributed by atoms with Crippen LogP contribution in [0, 0.1) is 11.3 Å². The highest BCUT2D eigenvalue weighted by Gasteiger charge is 2.34. The van der Waals surface area contributed by atoms with Crippen molar-refractivity contribution in [1.82, 2.24) is 5.32 Å². The maximum Gasteiger partial charge on any atom is 0.000490 e. The Hall–Kier alpha value is -0.0400. The molecular weight excluding hydrogens is 194 g/mol. The van der Waals surface area contributed by atoms with Crippen molar-refractivity contribution in [2.24, 2.45) is 11.3 Å². The smallest absolute Gasteiger partial charge is 0.000490 e. The standard InChI is InChI=1S/C15H31N/c1-4-6-9-14(5-2)12-15(13-16-3)10-7-8-11-15/h14,16H,4-13H2,1-3H3. The van der Waals surface area contributed by atoms with Crippen molar-refractivity contribution >= 4 is 0 Å². The van der Waals surface area contributed by atoms with Gasteiger partial charge in [0, 0.05) is 6.54 Å². The van der Waals surface area contributed by atoms with E-state index in [0.717, 1.165) is 5.92 Å². The summed E-state index contributed by atoms with van der Waals surface area (Å²) in [4.78, 5) is 0. The second-order valence-corrected chi connectivity index (χ2v) is 5.86. The molecule has 1 aliphatic carbocycles. The van der Waals surface area contributed by atoms with Gasteiger partial charge >= 0.3 is 0 Å². The highest BCUT2D eigenvalue weighted by atomic mass is 14.8. The van der Waals surface area contributed by atoms with Crippen molar-refractivity contribution in [2.75, 3.05) is 13.6 Å². The van der Waals surface area contributed by atoms with E-state index < -0.39 is 0 Å². The minimum atomic E-state index is 0.656. The van der Waals surface area contributed by atoms with Gasteiger partial charge < -0.3 is 5.32 Å². The summed E-state index contributed by atoms with van der Waals surface area (Å²) in [7, 11) is 2.12. The molecule has 1 saturated carbocycles. The molecule has 1 N–H and O–H groups in total. The lowest BCUT2D eigenvalue weighted by atomic mass is 9.75. The van der Waals surface area contributed by atoms with E-state index in [1.165, 1.54) is 64.3 Å². The highest BCUT2D eigenvalue weighted by molar-refractivity contribution is 4.88. The van der Waals surface area contributed by atoms with E-state index in [1.54, 1.807) is 0 Å². The van der Waals surface area contributed by atoms with Crippen LogP contribution >= 0.6 is 0 Å². The molecule has 0 heterocycles. The predicted molar refractivity (Wildman–Crippen MR) is 72.8 cm³/mol. The molecule has 0 radical (unpaired) electrons. The van der Waals surface area contributed by atoms with E-state index in [1.807, 2.05) is 0 Å². The summed E-state index contributed by atoms with van der Waals surface area (Å²) in [5, 5.41) is 3.44. The first-order valence-corrected chi connectivity index (χ1v) is 7.41. The summed E-state index contributed by atoms with van der Waals surface area (Å²) in [6.45, 7) is 5.93. The minimum Gasteiger partial charge on any atom is -0.319 e. The van der Waals surface area contributed by atoms with Gasteiger partial charge in [0.25, 0.3) is 0 Å². The van der Waals surface area contributed by atoms with Gasteiger partial charge in [-0.15, -0.1) is 0 Å². The molecule has 0 aromatic carbocycles. The fraction of sp³-hybridized carbons (Fsp3) is 1.00. The summed E-state index contributed by atoms with van der Waals surface area (Å²) >= 11 is 0. The number of hydrogen-bond acceptors (Lipinski definition) is 1. The molecule has 1 aliphatic rings. The third-order valence-corrected chi connectivity index (χ3v) is 4.48. The van der Waals surface area contributed by atoms with Crippen LogP contribution in [0.25, 0.3) is 0 Å². The van der Waals surface area contributed by atoms with Crippen molar-refractivity contribution in [1.29, 1.82) is 0 Å². The number of nitrogens with one attached hydrogen (secondary N) is 1. The van der Waals surface area contributed by atoms with Gasteiger partial charge in [-0.3, -0.25) is 0 Å². The fourth-order valence-electron chi connectivity index (χ4n) is 3.51. The number of unbranched alkanes of at least 4 members (excludes halogenated alkanes) is 1. The monoisotopic (exact) mass is 225 g/mol. The van der Waals surface area contributed by atoms with E-state index in [9.17, 15) is 0 Å². The topological polar surface area (TPSA) is 12.0 Å². The first-order chi connectivity index (χ1) is 7.76. The summed E-state index contributed by atoms with van der Waals surface area (Å²) in [6, 6.07) is 0.